The van der Waals surface area contributed by atoms with Crippen molar-refractivity contribution in [3.63, 3.8) is 0 Å². The van der Waals surface area contributed by atoms with E-state index in [0.717, 1.165) is 6.54 Å². The van der Waals surface area contributed by atoms with Crippen LogP contribution >= 0.6 is 0 Å². The van der Waals surface area contributed by atoms with Gasteiger partial charge in [-0.25, -0.2) is 4.99 Å². The molecule has 4 nitrogen and oxygen atoms in total. The largest absolute Gasteiger partial charge is 0.370 e. The topological polar surface area (TPSA) is 54.5 Å². The maximum Gasteiger partial charge on any atom is 0.191 e. The summed E-state index contributed by atoms with van der Waals surface area (Å²) in [5.41, 5.74) is 7.26. The molecule has 1 aromatic heterocycles. The molecular formula is C14H22N4. The SMILES string of the molecule is CN(Cc1ccncc1)C(N)=NC1CCCCC1. The van der Waals surface area contributed by atoms with Gasteiger partial charge in [-0.2, -0.15) is 0 Å². The molecule has 0 spiro atoms. The van der Waals surface area contributed by atoms with Crippen molar-refractivity contribution in [3.8, 4) is 0 Å². The molecule has 1 aliphatic carbocycles. The molecule has 1 aliphatic rings. The zero-order valence-electron chi connectivity index (χ0n) is 11.0. The second kappa shape index (κ2) is 6.38. The first-order valence-corrected chi connectivity index (χ1v) is 6.69. The molecule has 0 amide bonds. The molecule has 0 atom stereocenters. The molecule has 0 aromatic carbocycles. The summed E-state index contributed by atoms with van der Waals surface area (Å²) in [6, 6.07) is 4.44. The van der Waals surface area contributed by atoms with Gasteiger partial charge in [0, 0.05) is 26.0 Å². The van der Waals surface area contributed by atoms with E-state index < -0.39 is 0 Å². The Kier molecular flexibility index (Phi) is 4.56. The summed E-state index contributed by atoms with van der Waals surface area (Å²) in [6.45, 7) is 0.782. The summed E-state index contributed by atoms with van der Waals surface area (Å²) in [6.07, 6.45) is 9.90. The molecule has 98 valence electrons. The van der Waals surface area contributed by atoms with Crippen LogP contribution in [-0.2, 0) is 6.54 Å². The number of rotatable bonds is 3. The minimum Gasteiger partial charge on any atom is -0.370 e. The molecule has 2 N–H and O–H groups in total. The Hall–Kier alpha value is -1.58. The van der Waals surface area contributed by atoms with Gasteiger partial charge in [0.25, 0.3) is 0 Å². The van der Waals surface area contributed by atoms with Gasteiger partial charge in [-0.3, -0.25) is 4.98 Å². The van der Waals surface area contributed by atoms with E-state index >= 15 is 0 Å². The predicted molar refractivity (Wildman–Crippen MR) is 74.2 cm³/mol. The molecular weight excluding hydrogens is 224 g/mol. The summed E-state index contributed by atoms with van der Waals surface area (Å²) < 4.78 is 0. The molecule has 0 bridgehead atoms. The third-order valence-electron chi connectivity index (χ3n) is 3.45. The number of aromatic nitrogens is 1. The Morgan fingerprint density at radius 1 is 1.33 bits per heavy atom. The lowest BCUT2D eigenvalue weighted by molar-refractivity contribution is 0.428. The maximum atomic E-state index is 6.06. The average Bonchev–Trinajstić information content (AvgIpc) is 2.41. The number of pyridine rings is 1. The van der Waals surface area contributed by atoms with Crippen LogP contribution in [0.5, 0.6) is 0 Å². The van der Waals surface area contributed by atoms with Gasteiger partial charge in [0.15, 0.2) is 5.96 Å². The lowest BCUT2D eigenvalue weighted by Crippen LogP contribution is -2.35. The monoisotopic (exact) mass is 246 g/mol. The second-order valence-corrected chi connectivity index (χ2v) is 4.99. The van der Waals surface area contributed by atoms with Gasteiger partial charge in [0.05, 0.1) is 6.04 Å². The van der Waals surface area contributed by atoms with E-state index in [1.807, 2.05) is 24.1 Å². The fourth-order valence-corrected chi connectivity index (χ4v) is 2.34. The summed E-state index contributed by atoms with van der Waals surface area (Å²) in [5, 5.41) is 0. The van der Waals surface area contributed by atoms with Crippen molar-refractivity contribution < 1.29 is 0 Å². The Balaban J connectivity index is 1.91. The van der Waals surface area contributed by atoms with E-state index in [0.29, 0.717) is 12.0 Å². The Morgan fingerprint density at radius 2 is 2.00 bits per heavy atom. The van der Waals surface area contributed by atoms with Crippen molar-refractivity contribution in [2.45, 2.75) is 44.7 Å². The summed E-state index contributed by atoms with van der Waals surface area (Å²) >= 11 is 0. The van der Waals surface area contributed by atoms with Crippen LogP contribution in [0.25, 0.3) is 0 Å². The van der Waals surface area contributed by atoms with Gasteiger partial charge in [0.1, 0.15) is 0 Å². The molecule has 1 fully saturated rings. The Morgan fingerprint density at radius 3 is 2.67 bits per heavy atom. The van der Waals surface area contributed by atoms with Crippen LogP contribution in [0.4, 0.5) is 0 Å². The minimum atomic E-state index is 0.429. The molecule has 1 saturated carbocycles. The third-order valence-corrected chi connectivity index (χ3v) is 3.45. The van der Waals surface area contributed by atoms with Gasteiger partial charge in [-0.05, 0) is 30.5 Å². The number of guanidine groups is 1. The number of hydrogen-bond donors (Lipinski definition) is 1. The van der Waals surface area contributed by atoms with E-state index in [9.17, 15) is 0 Å². The van der Waals surface area contributed by atoms with Crippen molar-refractivity contribution in [2.24, 2.45) is 10.7 Å². The third kappa shape index (κ3) is 3.72. The minimum absolute atomic E-state index is 0.429. The van der Waals surface area contributed by atoms with Crippen LogP contribution < -0.4 is 5.73 Å². The van der Waals surface area contributed by atoms with E-state index in [4.69, 9.17) is 5.73 Å². The van der Waals surface area contributed by atoms with Crippen LogP contribution in [0, 0.1) is 0 Å². The normalized spacial score (nSPS) is 17.7. The summed E-state index contributed by atoms with van der Waals surface area (Å²) in [7, 11) is 1.99. The highest BCUT2D eigenvalue weighted by molar-refractivity contribution is 5.77. The van der Waals surface area contributed by atoms with Crippen molar-refractivity contribution >= 4 is 5.96 Å². The molecule has 1 aromatic rings. The Labute approximate surface area is 109 Å². The average molecular weight is 246 g/mol. The number of hydrogen-bond acceptors (Lipinski definition) is 2. The number of nitrogens with zero attached hydrogens (tertiary/aromatic N) is 3. The molecule has 18 heavy (non-hydrogen) atoms. The summed E-state index contributed by atoms with van der Waals surface area (Å²) in [4.78, 5) is 10.7. The molecule has 0 radical (unpaired) electrons. The standard InChI is InChI=1S/C14H22N4/c1-18(11-12-7-9-16-10-8-12)14(15)17-13-5-3-2-4-6-13/h7-10,13H,2-6,11H2,1H3,(H2,15,17). The van der Waals surface area contributed by atoms with Crippen LogP contribution in [-0.4, -0.2) is 28.9 Å². The zero-order chi connectivity index (χ0) is 12.8. The van der Waals surface area contributed by atoms with Gasteiger partial charge < -0.3 is 10.6 Å². The van der Waals surface area contributed by atoms with Gasteiger partial charge in [-0.15, -0.1) is 0 Å². The lowest BCUT2D eigenvalue weighted by Gasteiger charge is -2.22. The van der Waals surface area contributed by atoms with Crippen LogP contribution in [0.15, 0.2) is 29.5 Å². The zero-order valence-corrected chi connectivity index (χ0v) is 11.0. The van der Waals surface area contributed by atoms with E-state index in [2.05, 4.69) is 9.98 Å². The first kappa shape index (κ1) is 12.9. The first-order chi connectivity index (χ1) is 8.75. The fraction of sp³-hybridized carbons (Fsp3) is 0.571. The van der Waals surface area contributed by atoms with Crippen molar-refractivity contribution in [2.75, 3.05) is 7.05 Å². The van der Waals surface area contributed by atoms with E-state index in [-0.39, 0.29) is 0 Å². The number of nitrogens with two attached hydrogens (primary N) is 1. The van der Waals surface area contributed by atoms with E-state index in [1.54, 1.807) is 12.4 Å². The summed E-state index contributed by atoms with van der Waals surface area (Å²) in [5.74, 6) is 0.652. The Bertz CT molecular complexity index is 382. The highest BCUT2D eigenvalue weighted by atomic mass is 15.2. The van der Waals surface area contributed by atoms with Crippen LogP contribution in [0.1, 0.15) is 37.7 Å². The first-order valence-electron chi connectivity index (χ1n) is 6.69. The fourth-order valence-electron chi connectivity index (χ4n) is 2.34. The van der Waals surface area contributed by atoms with Gasteiger partial charge in [-0.1, -0.05) is 19.3 Å². The van der Waals surface area contributed by atoms with Crippen LogP contribution in [0.2, 0.25) is 0 Å². The second-order valence-electron chi connectivity index (χ2n) is 4.99. The van der Waals surface area contributed by atoms with Crippen molar-refractivity contribution in [1.29, 1.82) is 0 Å². The predicted octanol–water partition coefficient (Wildman–Crippen LogP) is 2.16. The van der Waals surface area contributed by atoms with Gasteiger partial charge >= 0.3 is 0 Å². The van der Waals surface area contributed by atoms with Crippen molar-refractivity contribution in [3.05, 3.63) is 30.1 Å². The molecule has 0 saturated heterocycles. The molecule has 4 heteroatoms. The molecule has 2 rings (SSSR count). The lowest BCUT2D eigenvalue weighted by atomic mass is 9.96. The molecule has 0 unspecified atom stereocenters. The smallest absolute Gasteiger partial charge is 0.191 e. The molecule has 1 heterocycles. The highest BCUT2D eigenvalue weighted by Gasteiger charge is 2.13. The maximum absolute atomic E-state index is 6.06. The van der Waals surface area contributed by atoms with Gasteiger partial charge in [0.2, 0.25) is 0 Å². The number of aliphatic imine (C=N–C) groups is 1. The van der Waals surface area contributed by atoms with Crippen LogP contribution in [0.3, 0.4) is 0 Å². The molecule has 0 aliphatic heterocycles. The quantitative estimate of drug-likeness (QED) is 0.657. The van der Waals surface area contributed by atoms with Crippen molar-refractivity contribution in [1.82, 2.24) is 9.88 Å². The highest BCUT2D eigenvalue weighted by Crippen LogP contribution is 2.20. The van der Waals surface area contributed by atoms with E-state index in [1.165, 1.54) is 37.7 Å².